The van der Waals surface area contributed by atoms with Gasteiger partial charge >= 0.3 is 11.9 Å². The standard InChI is InChI=1S/C38H42O9/c1-26(39)46-38(47-27(2)40)30-15-21-35(22-16-30)45-23-6-5-9-32(41)25-44-24-31-8-7-10-36(28-11-17-33(42-3)18-12-28)37(31)29-13-19-34(43-4)20-14-29/h7-8,10-22,32,38,41H,5-6,9,23-25H2,1-4H3. The second kappa shape index (κ2) is 17.7. The molecule has 1 N–H and O–H groups in total. The first-order valence-corrected chi connectivity index (χ1v) is 15.5. The Labute approximate surface area is 276 Å². The Hall–Kier alpha value is -4.86. The zero-order valence-electron chi connectivity index (χ0n) is 27.3. The van der Waals surface area contributed by atoms with Crippen molar-refractivity contribution in [1.29, 1.82) is 0 Å². The first kappa shape index (κ1) is 35.0. The van der Waals surface area contributed by atoms with E-state index in [0.29, 0.717) is 30.9 Å². The van der Waals surface area contributed by atoms with Gasteiger partial charge in [-0.1, -0.05) is 42.5 Å². The molecule has 47 heavy (non-hydrogen) atoms. The zero-order chi connectivity index (χ0) is 33.6. The van der Waals surface area contributed by atoms with Gasteiger partial charge in [0.25, 0.3) is 6.29 Å². The predicted octanol–water partition coefficient (Wildman–Crippen LogP) is 7.29. The van der Waals surface area contributed by atoms with Gasteiger partial charge in [0.05, 0.1) is 40.1 Å². The van der Waals surface area contributed by atoms with Crippen LogP contribution in [0.2, 0.25) is 0 Å². The molecule has 0 aliphatic carbocycles. The molecule has 0 bridgehead atoms. The molecule has 0 saturated heterocycles. The van der Waals surface area contributed by atoms with Gasteiger partial charge in [-0.05, 0) is 95.6 Å². The van der Waals surface area contributed by atoms with Crippen LogP contribution < -0.4 is 14.2 Å². The van der Waals surface area contributed by atoms with E-state index in [0.717, 1.165) is 52.2 Å². The fraction of sp³-hybridized carbons (Fsp3) is 0.316. The lowest BCUT2D eigenvalue weighted by atomic mass is 9.90. The molecule has 0 fully saturated rings. The van der Waals surface area contributed by atoms with Crippen LogP contribution in [0, 0.1) is 0 Å². The second-order valence-corrected chi connectivity index (χ2v) is 10.9. The summed E-state index contributed by atoms with van der Waals surface area (Å²) in [6.07, 6.45) is 0.366. The molecular formula is C38H42O9. The summed E-state index contributed by atoms with van der Waals surface area (Å²) in [5, 5.41) is 10.6. The van der Waals surface area contributed by atoms with E-state index in [2.05, 4.69) is 12.1 Å². The van der Waals surface area contributed by atoms with E-state index in [4.69, 9.17) is 28.4 Å². The van der Waals surface area contributed by atoms with Crippen LogP contribution in [0.3, 0.4) is 0 Å². The molecule has 0 aliphatic heterocycles. The number of carbonyl (C=O) groups excluding carboxylic acids is 2. The number of aliphatic hydroxyl groups excluding tert-OH is 1. The van der Waals surface area contributed by atoms with Gasteiger partial charge in [0.15, 0.2) is 0 Å². The molecule has 4 aromatic carbocycles. The Kier molecular flexibility index (Phi) is 13.2. The number of ether oxygens (including phenoxy) is 6. The van der Waals surface area contributed by atoms with E-state index < -0.39 is 24.3 Å². The number of esters is 2. The third-order valence-electron chi connectivity index (χ3n) is 7.40. The highest BCUT2D eigenvalue weighted by Gasteiger charge is 2.18. The van der Waals surface area contributed by atoms with Crippen molar-refractivity contribution in [2.75, 3.05) is 27.4 Å². The summed E-state index contributed by atoms with van der Waals surface area (Å²) in [7, 11) is 3.30. The van der Waals surface area contributed by atoms with Crippen LogP contribution in [-0.2, 0) is 30.4 Å². The third kappa shape index (κ3) is 10.6. The molecule has 4 aromatic rings. The van der Waals surface area contributed by atoms with Gasteiger partial charge in [0.2, 0.25) is 0 Å². The van der Waals surface area contributed by atoms with E-state index in [1.165, 1.54) is 13.8 Å². The molecule has 0 saturated carbocycles. The molecule has 0 aromatic heterocycles. The summed E-state index contributed by atoms with van der Waals surface area (Å²) in [5.74, 6) is 1.10. The SMILES string of the molecule is COc1ccc(-c2cccc(COCC(O)CCCCOc3ccc(C(OC(C)=O)OC(C)=O)cc3)c2-c2ccc(OC)cc2)cc1. The summed E-state index contributed by atoms with van der Waals surface area (Å²) in [6.45, 7) is 3.52. The Morgan fingerprint density at radius 2 is 1.28 bits per heavy atom. The molecule has 248 valence electrons. The second-order valence-electron chi connectivity index (χ2n) is 10.9. The molecule has 1 atom stereocenters. The van der Waals surface area contributed by atoms with Crippen LogP contribution in [0.5, 0.6) is 17.2 Å². The van der Waals surface area contributed by atoms with Gasteiger partial charge in [-0.15, -0.1) is 0 Å². The number of benzene rings is 4. The minimum Gasteiger partial charge on any atom is -0.497 e. The fourth-order valence-electron chi connectivity index (χ4n) is 5.07. The van der Waals surface area contributed by atoms with Gasteiger partial charge in [0.1, 0.15) is 17.2 Å². The number of rotatable bonds is 17. The van der Waals surface area contributed by atoms with Crippen molar-refractivity contribution in [1.82, 2.24) is 0 Å². The van der Waals surface area contributed by atoms with E-state index >= 15 is 0 Å². The van der Waals surface area contributed by atoms with Crippen LogP contribution in [0.25, 0.3) is 22.3 Å². The first-order valence-electron chi connectivity index (χ1n) is 15.5. The van der Waals surface area contributed by atoms with Gasteiger partial charge in [-0.25, -0.2) is 0 Å². The summed E-state index contributed by atoms with van der Waals surface area (Å²) < 4.78 is 32.7. The quantitative estimate of drug-likeness (QED) is 0.0721. The van der Waals surface area contributed by atoms with Crippen molar-refractivity contribution in [3.05, 3.63) is 102 Å². The van der Waals surface area contributed by atoms with Crippen molar-refractivity contribution in [3.63, 3.8) is 0 Å². The largest absolute Gasteiger partial charge is 0.497 e. The number of hydrogen-bond acceptors (Lipinski definition) is 9. The maximum atomic E-state index is 11.3. The lowest BCUT2D eigenvalue weighted by molar-refractivity contribution is -0.186. The predicted molar refractivity (Wildman–Crippen MR) is 178 cm³/mol. The fourth-order valence-corrected chi connectivity index (χ4v) is 5.07. The average molecular weight is 643 g/mol. The normalized spacial score (nSPS) is 11.5. The minimum atomic E-state index is -1.10. The summed E-state index contributed by atoms with van der Waals surface area (Å²) in [6, 6.07) is 28.9. The van der Waals surface area contributed by atoms with Crippen LogP contribution in [0.1, 0.15) is 50.5 Å². The molecule has 0 spiro atoms. The maximum Gasteiger partial charge on any atom is 0.305 e. The molecule has 9 heteroatoms. The van der Waals surface area contributed by atoms with Crippen molar-refractivity contribution in [2.24, 2.45) is 0 Å². The Morgan fingerprint density at radius 1 is 0.702 bits per heavy atom. The topological polar surface area (TPSA) is 110 Å². The molecule has 0 heterocycles. The van der Waals surface area contributed by atoms with E-state index in [9.17, 15) is 14.7 Å². The number of unbranched alkanes of at least 4 members (excludes halogenated alkanes) is 1. The minimum absolute atomic E-state index is 0.211. The highest BCUT2D eigenvalue weighted by Crippen LogP contribution is 2.37. The van der Waals surface area contributed by atoms with Crippen molar-refractivity contribution in [3.8, 4) is 39.5 Å². The third-order valence-corrected chi connectivity index (χ3v) is 7.40. The highest BCUT2D eigenvalue weighted by atomic mass is 16.7. The monoisotopic (exact) mass is 642 g/mol. The highest BCUT2D eigenvalue weighted by molar-refractivity contribution is 5.86. The number of hydrogen-bond donors (Lipinski definition) is 1. The smallest absolute Gasteiger partial charge is 0.305 e. The maximum absolute atomic E-state index is 11.3. The molecule has 9 nitrogen and oxygen atoms in total. The molecular weight excluding hydrogens is 600 g/mol. The van der Waals surface area contributed by atoms with Gasteiger partial charge in [0, 0.05) is 19.4 Å². The summed E-state index contributed by atoms with van der Waals surface area (Å²) in [4.78, 5) is 22.7. The molecule has 1 unspecified atom stereocenters. The van der Waals surface area contributed by atoms with Crippen LogP contribution in [-0.4, -0.2) is 50.6 Å². The summed E-state index contributed by atoms with van der Waals surface area (Å²) >= 11 is 0. The van der Waals surface area contributed by atoms with E-state index in [1.807, 2.05) is 54.6 Å². The molecule has 4 rings (SSSR count). The van der Waals surface area contributed by atoms with Crippen LogP contribution in [0.15, 0.2) is 91.0 Å². The number of carbonyl (C=O) groups is 2. The number of aliphatic hydroxyl groups is 1. The first-order chi connectivity index (χ1) is 22.8. The van der Waals surface area contributed by atoms with E-state index in [1.54, 1.807) is 38.5 Å². The Bertz CT molecular complexity index is 1550. The van der Waals surface area contributed by atoms with Crippen molar-refractivity contribution in [2.45, 2.75) is 52.1 Å². The van der Waals surface area contributed by atoms with Crippen molar-refractivity contribution < 1.29 is 43.1 Å². The van der Waals surface area contributed by atoms with Gasteiger partial charge in [-0.3, -0.25) is 9.59 Å². The van der Waals surface area contributed by atoms with Crippen molar-refractivity contribution >= 4 is 11.9 Å². The number of methoxy groups -OCH3 is 2. The van der Waals surface area contributed by atoms with Crippen LogP contribution >= 0.6 is 0 Å². The molecule has 0 amide bonds. The van der Waals surface area contributed by atoms with Gasteiger partial charge < -0.3 is 33.5 Å². The van der Waals surface area contributed by atoms with Crippen LogP contribution in [0.4, 0.5) is 0 Å². The molecule has 0 aliphatic rings. The zero-order valence-corrected chi connectivity index (χ0v) is 27.3. The average Bonchev–Trinajstić information content (AvgIpc) is 3.07. The van der Waals surface area contributed by atoms with Gasteiger partial charge in [-0.2, -0.15) is 0 Å². The lowest BCUT2D eigenvalue weighted by Gasteiger charge is -2.18. The summed E-state index contributed by atoms with van der Waals surface area (Å²) in [5.41, 5.74) is 5.78. The van der Waals surface area contributed by atoms with E-state index in [-0.39, 0.29) is 6.61 Å². The Balaban J connectivity index is 1.28. The Morgan fingerprint density at radius 3 is 1.85 bits per heavy atom. The lowest BCUT2D eigenvalue weighted by Crippen LogP contribution is -2.15. The molecule has 0 radical (unpaired) electrons.